The summed E-state index contributed by atoms with van der Waals surface area (Å²) in [6.07, 6.45) is 2.21. The first kappa shape index (κ1) is 25.6. The normalized spacial score (nSPS) is 15.1. The number of rotatable bonds is 9. The maximum atomic E-state index is 12.7. The third-order valence-corrected chi connectivity index (χ3v) is 10.1. The number of cyclic esters (lactones) is 1. The molecule has 31 heavy (non-hydrogen) atoms. The van der Waals surface area contributed by atoms with E-state index in [0.717, 1.165) is 12.7 Å². The van der Waals surface area contributed by atoms with Gasteiger partial charge in [-0.3, -0.25) is 9.13 Å². The standard InChI is InChI=1S/C19H28O10P2/c1-5-11(2)8-6-7-9-19(30(22,23)24,31(25,26)27)15-16(20)14-13(10-29-18(14)21)12(3)17(15)28-4/h5,20H,6-10H2,1-4H3,(H2,22,23,24)(H2,25,26,27). The summed E-state index contributed by atoms with van der Waals surface area (Å²) in [5.41, 5.74) is 0.303. The second kappa shape index (κ2) is 9.06. The Labute approximate surface area is 180 Å². The molecule has 1 aliphatic rings. The lowest BCUT2D eigenvalue weighted by Gasteiger charge is -2.37. The van der Waals surface area contributed by atoms with Crippen LogP contribution < -0.4 is 4.74 Å². The van der Waals surface area contributed by atoms with Gasteiger partial charge in [0.2, 0.25) is 4.90 Å². The minimum absolute atomic E-state index is 0.0323. The Balaban J connectivity index is 2.83. The van der Waals surface area contributed by atoms with Crippen LogP contribution in [0.4, 0.5) is 0 Å². The van der Waals surface area contributed by atoms with Crippen molar-refractivity contribution in [2.45, 2.75) is 58.0 Å². The molecule has 0 saturated carbocycles. The molecule has 1 aliphatic heterocycles. The Morgan fingerprint density at radius 1 is 1.19 bits per heavy atom. The number of ether oxygens (including phenoxy) is 2. The van der Waals surface area contributed by atoms with Crippen LogP contribution in [0.3, 0.4) is 0 Å². The maximum absolute atomic E-state index is 12.7. The van der Waals surface area contributed by atoms with Crippen molar-refractivity contribution in [3.05, 3.63) is 33.9 Å². The number of hydrogen-bond acceptors (Lipinski definition) is 6. The summed E-state index contributed by atoms with van der Waals surface area (Å²) in [6.45, 7) is 4.96. The fourth-order valence-electron chi connectivity index (χ4n) is 3.92. The number of aromatic hydroxyl groups is 1. The van der Waals surface area contributed by atoms with E-state index in [1.54, 1.807) is 0 Å². The van der Waals surface area contributed by atoms with Crippen molar-refractivity contribution in [2.75, 3.05) is 7.11 Å². The molecular formula is C19H28O10P2. The van der Waals surface area contributed by atoms with Crippen molar-refractivity contribution in [2.24, 2.45) is 0 Å². The van der Waals surface area contributed by atoms with Crippen molar-refractivity contribution in [3.63, 3.8) is 0 Å². The van der Waals surface area contributed by atoms with Crippen LogP contribution in [0, 0.1) is 6.92 Å². The highest BCUT2D eigenvalue weighted by Crippen LogP contribution is 2.79. The molecule has 0 spiro atoms. The quantitative estimate of drug-likeness (QED) is 0.153. The van der Waals surface area contributed by atoms with Crippen LogP contribution in [-0.2, 0) is 25.4 Å². The topological polar surface area (TPSA) is 171 Å². The molecule has 0 atom stereocenters. The second-order valence-electron chi connectivity index (χ2n) is 7.56. The van der Waals surface area contributed by atoms with E-state index in [-0.39, 0.29) is 35.5 Å². The lowest BCUT2D eigenvalue weighted by Crippen LogP contribution is -2.28. The molecule has 1 aromatic carbocycles. The molecule has 1 aromatic rings. The average Bonchev–Trinajstić information content (AvgIpc) is 3.05. The van der Waals surface area contributed by atoms with Gasteiger partial charge < -0.3 is 34.2 Å². The molecule has 5 N–H and O–H groups in total. The number of carbonyl (C=O) groups is 1. The first-order valence-corrected chi connectivity index (χ1v) is 12.8. The Hall–Kier alpha value is -1.67. The van der Waals surface area contributed by atoms with Crippen molar-refractivity contribution in [3.8, 4) is 11.5 Å². The molecule has 12 heteroatoms. The predicted molar refractivity (Wildman–Crippen MR) is 112 cm³/mol. The SMILES string of the molecule is CC=C(C)CCCCC(c1c(O)c2c(c(C)c1OC)COC2=O)(P(=O)(O)O)P(=O)(O)O. The zero-order chi connectivity index (χ0) is 23.8. The largest absolute Gasteiger partial charge is 0.507 e. The smallest absolute Gasteiger partial charge is 0.348 e. The first-order valence-electron chi connectivity index (χ1n) is 9.57. The van der Waals surface area contributed by atoms with E-state index in [2.05, 4.69) is 0 Å². The van der Waals surface area contributed by atoms with Crippen molar-refractivity contribution in [1.82, 2.24) is 0 Å². The van der Waals surface area contributed by atoms with Crippen LogP contribution in [0.1, 0.15) is 66.6 Å². The van der Waals surface area contributed by atoms with Crippen LogP contribution in [0.5, 0.6) is 11.5 Å². The predicted octanol–water partition coefficient (Wildman–Crippen LogP) is 3.41. The van der Waals surface area contributed by atoms with E-state index in [4.69, 9.17) is 9.47 Å². The molecule has 2 rings (SSSR count). The Kier molecular flexibility index (Phi) is 7.48. The molecule has 0 saturated heterocycles. The molecule has 0 unspecified atom stereocenters. The van der Waals surface area contributed by atoms with Crippen LogP contribution in [0.15, 0.2) is 11.6 Å². The third kappa shape index (κ3) is 4.33. The number of esters is 1. The summed E-state index contributed by atoms with van der Waals surface area (Å²) in [5.74, 6) is -2.20. The van der Waals surface area contributed by atoms with Gasteiger partial charge in [0.25, 0.3) is 0 Å². The molecule has 0 aliphatic carbocycles. The number of phenolic OH excluding ortho intramolecular Hbond substituents is 1. The van der Waals surface area contributed by atoms with Crippen molar-refractivity contribution < 1.29 is 48.1 Å². The van der Waals surface area contributed by atoms with Gasteiger partial charge in [-0.2, -0.15) is 0 Å². The molecule has 0 amide bonds. The monoisotopic (exact) mass is 478 g/mol. The van der Waals surface area contributed by atoms with E-state index in [1.165, 1.54) is 6.92 Å². The van der Waals surface area contributed by atoms with Crippen LogP contribution >= 0.6 is 15.2 Å². The lowest BCUT2D eigenvalue weighted by molar-refractivity contribution is 0.0532. The van der Waals surface area contributed by atoms with E-state index in [1.807, 2.05) is 19.9 Å². The fraction of sp³-hybridized carbons (Fsp3) is 0.526. The van der Waals surface area contributed by atoms with Crippen molar-refractivity contribution >= 4 is 21.2 Å². The van der Waals surface area contributed by atoms with Crippen LogP contribution in [-0.4, -0.2) is 37.8 Å². The minimum Gasteiger partial charge on any atom is -0.507 e. The summed E-state index contributed by atoms with van der Waals surface area (Å²) in [5, 5.41) is 10.9. The zero-order valence-electron chi connectivity index (χ0n) is 17.8. The molecule has 10 nitrogen and oxygen atoms in total. The van der Waals surface area contributed by atoms with Crippen LogP contribution in [0.2, 0.25) is 0 Å². The van der Waals surface area contributed by atoms with Gasteiger partial charge in [-0.05, 0) is 45.6 Å². The Morgan fingerprint density at radius 3 is 2.26 bits per heavy atom. The third-order valence-electron chi connectivity index (χ3n) is 5.75. The number of phenols is 1. The average molecular weight is 478 g/mol. The van der Waals surface area contributed by atoms with Gasteiger partial charge in [0.05, 0.1) is 12.7 Å². The number of hydrogen-bond donors (Lipinski definition) is 5. The van der Waals surface area contributed by atoms with E-state index < -0.39 is 43.8 Å². The highest BCUT2D eigenvalue weighted by molar-refractivity contribution is 7.71. The summed E-state index contributed by atoms with van der Waals surface area (Å²) >= 11 is 0. The Bertz CT molecular complexity index is 980. The number of methoxy groups -OCH3 is 1. The van der Waals surface area contributed by atoms with Crippen molar-refractivity contribution in [1.29, 1.82) is 0 Å². The van der Waals surface area contributed by atoms with Gasteiger partial charge in [-0.15, -0.1) is 0 Å². The summed E-state index contributed by atoms with van der Waals surface area (Å²) < 4.78 is 35.6. The first-order chi connectivity index (χ1) is 14.2. The van der Waals surface area contributed by atoms with Crippen LogP contribution in [0.25, 0.3) is 0 Å². The summed E-state index contributed by atoms with van der Waals surface area (Å²) in [6, 6.07) is 0. The maximum Gasteiger partial charge on any atom is 0.348 e. The molecular weight excluding hydrogens is 450 g/mol. The summed E-state index contributed by atoms with van der Waals surface area (Å²) in [7, 11) is -10.1. The molecule has 1 heterocycles. The number of fused-ring (bicyclic) bond motifs is 1. The lowest BCUT2D eigenvalue weighted by atomic mass is 9.93. The fourth-order valence-corrected chi connectivity index (χ4v) is 7.18. The van der Waals surface area contributed by atoms with Gasteiger partial charge in [-0.25, -0.2) is 4.79 Å². The van der Waals surface area contributed by atoms with E-state index in [0.29, 0.717) is 12.8 Å². The number of carbonyl (C=O) groups excluding carboxylic acids is 1. The van der Waals surface area contributed by atoms with Gasteiger partial charge in [0.15, 0.2) is 0 Å². The molecule has 0 fully saturated rings. The number of unbranched alkanes of at least 4 members (excludes halogenated alkanes) is 1. The van der Waals surface area contributed by atoms with E-state index >= 15 is 0 Å². The number of benzene rings is 1. The Morgan fingerprint density at radius 2 is 1.77 bits per heavy atom. The van der Waals surface area contributed by atoms with Gasteiger partial charge in [0, 0.05) is 5.56 Å². The molecule has 0 bridgehead atoms. The highest BCUT2D eigenvalue weighted by atomic mass is 31.2. The number of allylic oxidation sites excluding steroid dienone is 2. The summed E-state index contributed by atoms with van der Waals surface area (Å²) in [4.78, 5) is 50.1. The minimum atomic E-state index is -5.62. The zero-order valence-corrected chi connectivity index (χ0v) is 19.6. The second-order valence-corrected chi connectivity index (χ2v) is 11.6. The molecule has 174 valence electrons. The van der Waals surface area contributed by atoms with Gasteiger partial charge in [0.1, 0.15) is 23.7 Å². The molecule has 0 aromatic heterocycles. The van der Waals surface area contributed by atoms with E-state index in [9.17, 15) is 38.6 Å². The van der Waals surface area contributed by atoms with Gasteiger partial charge >= 0.3 is 21.2 Å². The highest BCUT2D eigenvalue weighted by Gasteiger charge is 2.64. The van der Waals surface area contributed by atoms with Gasteiger partial charge in [-0.1, -0.05) is 18.1 Å². The molecule has 0 radical (unpaired) electrons.